The second-order valence-corrected chi connectivity index (χ2v) is 6.45. The number of nitrogens with one attached hydrogen (secondary N) is 1. The molecule has 0 spiro atoms. The lowest BCUT2D eigenvalue weighted by Crippen LogP contribution is -2.41. The summed E-state index contributed by atoms with van der Waals surface area (Å²) in [4.78, 5) is 4.50. The first-order valence-corrected chi connectivity index (χ1v) is 7.72. The Bertz CT molecular complexity index is 349. The van der Waals surface area contributed by atoms with Crippen LogP contribution in [0.3, 0.4) is 0 Å². The van der Waals surface area contributed by atoms with Crippen molar-refractivity contribution in [2.75, 3.05) is 6.54 Å². The van der Waals surface area contributed by atoms with Crippen molar-refractivity contribution >= 4 is 0 Å². The SMILES string of the molecule is CCCNC(CCc1nccn1CCC)C(C)(C)C. The molecular formula is C16H31N3. The molecule has 1 aromatic heterocycles. The Kier molecular flexibility index (Phi) is 6.56. The average molecular weight is 265 g/mol. The number of hydrogen-bond donors (Lipinski definition) is 1. The zero-order valence-corrected chi connectivity index (χ0v) is 13.4. The maximum atomic E-state index is 4.50. The molecule has 0 radical (unpaired) electrons. The molecule has 0 fully saturated rings. The van der Waals surface area contributed by atoms with Crippen LogP contribution in [0.2, 0.25) is 0 Å². The van der Waals surface area contributed by atoms with Gasteiger partial charge in [0.25, 0.3) is 0 Å². The summed E-state index contributed by atoms with van der Waals surface area (Å²) in [5, 5.41) is 3.69. The molecule has 110 valence electrons. The fraction of sp³-hybridized carbons (Fsp3) is 0.812. The van der Waals surface area contributed by atoms with E-state index >= 15 is 0 Å². The first-order chi connectivity index (χ1) is 8.99. The molecule has 0 saturated heterocycles. The smallest absolute Gasteiger partial charge is 0.108 e. The van der Waals surface area contributed by atoms with Crippen LogP contribution in [0, 0.1) is 5.41 Å². The van der Waals surface area contributed by atoms with Gasteiger partial charge in [-0.1, -0.05) is 34.6 Å². The first kappa shape index (κ1) is 16.2. The Labute approximate surface area is 118 Å². The number of aromatic nitrogens is 2. The Morgan fingerprint density at radius 3 is 2.58 bits per heavy atom. The number of imidazole rings is 1. The van der Waals surface area contributed by atoms with Crippen molar-refractivity contribution in [1.29, 1.82) is 0 Å². The Balaban J connectivity index is 2.57. The van der Waals surface area contributed by atoms with Gasteiger partial charge in [0, 0.05) is 31.4 Å². The van der Waals surface area contributed by atoms with E-state index in [0.29, 0.717) is 11.5 Å². The lowest BCUT2D eigenvalue weighted by molar-refractivity contribution is 0.253. The second kappa shape index (κ2) is 7.68. The minimum Gasteiger partial charge on any atom is -0.335 e. The first-order valence-electron chi connectivity index (χ1n) is 7.72. The standard InChI is InChI=1S/C16H31N3/c1-6-10-17-14(16(3,4)5)8-9-15-18-11-13-19(15)12-7-2/h11,13-14,17H,6-10,12H2,1-5H3. The quantitative estimate of drug-likeness (QED) is 0.777. The van der Waals surface area contributed by atoms with E-state index in [1.807, 2.05) is 6.20 Å². The highest BCUT2D eigenvalue weighted by atomic mass is 15.1. The summed E-state index contributed by atoms with van der Waals surface area (Å²) in [7, 11) is 0. The fourth-order valence-corrected chi connectivity index (χ4v) is 2.45. The van der Waals surface area contributed by atoms with E-state index in [2.05, 4.69) is 55.7 Å². The van der Waals surface area contributed by atoms with E-state index in [-0.39, 0.29) is 0 Å². The lowest BCUT2D eigenvalue weighted by Gasteiger charge is -2.31. The van der Waals surface area contributed by atoms with Crippen LogP contribution >= 0.6 is 0 Å². The molecule has 0 aromatic carbocycles. The summed E-state index contributed by atoms with van der Waals surface area (Å²) in [6.07, 6.45) is 8.61. The van der Waals surface area contributed by atoms with Gasteiger partial charge in [0.1, 0.15) is 5.82 Å². The number of nitrogens with zero attached hydrogens (tertiary/aromatic N) is 2. The van der Waals surface area contributed by atoms with E-state index in [1.54, 1.807) is 0 Å². The molecule has 19 heavy (non-hydrogen) atoms. The van der Waals surface area contributed by atoms with Crippen LogP contribution < -0.4 is 5.32 Å². The van der Waals surface area contributed by atoms with Crippen molar-refractivity contribution in [3.8, 4) is 0 Å². The number of aryl methyl sites for hydroxylation is 2. The monoisotopic (exact) mass is 265 g/mol. The topological polar surface area (TPSA) is 29.9 Å². The molecule has 1 aromatic rings. The Morgan fingerprint density at radius 2 is 2.00 bits per heavy atom. The van der Waals surface area contributed by atoms with Crippen LogP contribution in [0.25, 0.3) is 0 Å². The molecule has 1 N–H and O–H groups in total. The molecule has 0 aliphatic rings. The van der Waals surface area contributed by atoms with Crippen LogP contribution in [-0.2, 0) is 13.0 Å². The van der Waals surface area contributed by atoms with Crippen molar-refractivity contribution in [2.24, 2.45) is 5.41 Å². The average Bonchev–Trinajstić information content (AvgIpc) is 2.75. The summed E-state index contributed by atoms with van der Waals surface area (Å²) in [6, 6.07) is 0.555. The van der Waals surface area contributed by atoms with Gasteiger partial charge in [0.2, 0.25) is 0 Å². The zero-order valence-electron chi connectivity index (χ0n) is 13.4. The molecule has 0 aliphatic heterocycles. The second-order valence-electron chi connectivity index (χ2n) is 6.45. The molecule has 1 atom stereocenters. The summed E-state index contributed by atoms with van der Waals surface area (Å²) >= 11 is 0. The van der Waals surface area contributed by atoms with Crippen LogP contribution in [0.4, 0.5) is 0 Å². The number of hydrogen-bond acceptors (Lipinski definition) is 2. The van der Waals surface area contributed by atoms with Crippen molar-refractivity contribution in [3.05, 3.63) is 18.2 Å². The van der Waals surface area contributed by atoms with Gasteiger partial charge in [-0.15, -0.1) is 0 Å². The molecular weight excluding hydrogens is 234 g/mol. The van der Waals surface area contributed by atoms with Gasteiger partial charge in [-0.3, -0.25) is 0 Å². The summed E-state index contributed by atoms with van der Waals surface area (Å²) in [5.74, 6) is 1.23. The van der Waals surface area contributed by atoms with Crippen LogP contribution in [0.5, 0.6) is 0 Å². The van der Waals surface area contributed by atoms with E-state index in [4.69, 9.17) is 0 Å². The predicted molar refractivity (Wildman–Crippen MR) is 82.4 cm³/mol. The molecule has 3 nitrogen and oxygen atoms in total. The Hall–Kier alpha value is -0.830. The molecule has 1 rings (SSSR count). The molecule has 1 unspecified atom stereocenters. The third-order valence-electron chi connectivity index (χ3n) is 3.61. The maximum absolute atomic E-state index is 4.50. The minimum absolute atomic E-state index is 0.303. The van der Waals surface area contributed by atoms with Gasteiger partial charge >= 0.3 is 0 Å². The predicted octanol–water partition coefficient (Wildman–Crippen LogP) is 3.64. The van der Waals surface area contributed by atoms with Crippen LogP contribution in [0.1, 0.15) is 59.7 Å². The summed E-state index contributed by atoms with van der Waals surface area (Å²) in [5.41, 5.74) is 0.303. The van der Waals surface area contributed by atoms with Gasteiger partial charge in [-0.25, -0.2) is 4.98 Å². The van der Waals surface area contributed by atoms with Gasteiger partial charge in [-0.05, 0) is 31.2 Å². The lowest BCUT2D eigenvalue weighted by atomic mass is 9.84. The molecule has 1 heterocycles. The van der Waals surface area contributed by atoms with Gasteiger partial charge in [-0.2, -0.15) is 0 Å². The third-order valence-corrected chi connectivity index (χ3v) is 3.61. The van der Waals surface area contributed by atoms with Crippen molar-refractivity contribution in [1.82, 2.24) is 14.9 Å². The molecule has 0 aliphatic carbocycles. The Morgan fingerprint density at radius 1 is 1.26 bits per heavy atom. The van der Waals surface area contributed by atoms with Crippen LogP contribution in [-0.4, -0.2) is 22.1 Å². The van der Waals surface area contributed by atoms with E-state index in [0.717, 1.165) is 25.9 Å². The third kappa shape index (κ3) is 5.35. The fourth-order valence-electron chi connectivity index (χ4n) is 2.45. The van der Waals surface area contributed by atoms with Gasteiger partial charge in [0.05, 0.1) is 0 Å². The summed E-state index contributed by atoms with van der Waals surface area (Å²) in [6.45, 7) is 13.6. The van der Waals surface area contributed by atoms with Gasteiger partial charge in [0.15, 0.2) is 0 Å². The van der Waals surface area contributed by atoms with Crippen molar-refractivity contribution in [3.63, 3.8) is 0 Å². The molecule has 0 bridgehead atoms. The molecule has 3 heteroatoms. The molecule has 0 amide bonds. The normalized spacial score (nSPS) is 13.7. The summed E-state index contributed by atoms with van der Waals surface area (Å²) < 4.78 is 2.29. The van der Waals surface area contributed by atoms with E-state index in [1.165, 1.54) is 18.7 Å². The van der Waals surface area contributed by atoms with Gasteiger partial charge < -0.3 is 9.88 Å². The van der Waals surface area contributed by atoms with Crippen LogP contribution in [0.15, 0.2) is 12.4 Å². The van der Waals surface area contributed by atoms with Crippen molar-refractivity contribution < 1.29 is 0 Å². The zero-order chi connectivity index (χ0) is 14.3. The van der Waals surface area contributed by atoms with E-state index < -0.39 is 0 Å². The minimum atomic E-state index is 0.303. The van der Waals surface area contributed by atoms with Crippen molar-refractivity contribution in [2.45, 2.75) is 72.9 Å². The highest BCUT2D eigenvalue weighted by Crippen LogP contribution is 2.23. The van der Waals surface area contributed by atoms with E-state index in [9.17, 15) is 0 Å². The highest BCUT2D eigenvalue weighted by molar-refractivity contribution is 4.94. The molecule has 0 saturated carbocycles. The number of rotatable bonds is 8. The largest absolute Gasteiger partial charge is 0.335 e. The maximum Gasteiger partial charge on any atom is 0.108 e. The highest BCUT2D eigenvalue weighted by Gasteiger charge is 2.23.